The summed E-state index contributed by atoms with van der Waals surface area (Å²) in [4.78, 5) is 12.2. The Kier molecular flexibility index (Phi) is 6.89. The second-order valence-electron chi connectivity index (χ2n) is 6.83. The van der Waals surface area contributed by atoms with Crippen molar-refractivity contribution in [2.75, 3.05) is 6.54 Å². The summed E-state index contributed by atoms with van der Waals surface area (Å²) in [5, 5.41) is 2.84. The van der Waals surface area contributed by atoms with Crippen LogP contribution in [0.3, 0.4) is 0 Å². The summed E-state index contributed by atoms with van der Waals surface area (Å²) in [6.45, 7) is 4.62. The van der Waals surface area contributed by atoms with E-state index < -0.39 is 0 Å². The van der Waals surface area contributed by atoms with E-state index in [0.29, 0.717) is 24.5 Å². The molecule has 0 bridgehead atoms. The van der Waals surface area contributed by atoms with Crippen LogP contribution in [0.4, 0.5) is 4.39 Å². The summed E-state index contributed by atoms with van der Waals surface area (Å²) >= 11 is 0. The third-order valence-electron chi connectivity index (χ3n) is 4.07. The van der Waals surface area contributed by atoms with Crippen LogP contribution in [0.1, 0.15) is 35.7 Å². The molecule has 2 aromatic carbocycles. The lowest BCUT2D eigenvalue weighted by atomic mass is 10.1. The Morgan fingerprint density at radius 1 is 1.00 bits per heavy atom. The molecule has 0 atom stereocenters. The van der Waals surface area contributed by atoms with Crippen LogP contribution in [0.2, 0.25) is 0 Å². The molecular weight excluding hydrogens is 373 g/mol. The summed E-state index contributed by atoms with van der Waals surface area (Å²) in [6, 6.07) is 16.8. The largest absolute Gasteiger partial charge is 0.491 e. The van der Waals surface area contributed by atoms with Gasteiger partial charge in [0.15, 0.2) is 5.76 Å². The van der Waals surface area contributed by atoms with Gasteiger partial charge < -0.3 is 19.2 Å². The zero-order valence-electron chi connectivity index (χ0n) is 16.5. The Labute approximate surface area is 169 Å². The molecule has 3 aromatic rings. The summed E-state index contributed by atoms with van der Waals surface area (Å²) in [6.07, 6.45) is 0.842. The molecule has 0 radical (unpaired) electrons. The number of halogens is 1. The Hall–Kier alpha value is -3.28. The highest BCUT2D eigenvalue weighted by molar-refractivity contribution is 5.91. The second-order valence-corrected chi connectivity index (χ2v) is 6.83. The number of furan rings is 1. The molecule has 1 heterocycles. The number of rotatable bonds is 9. The van der Waals surface area contributed by atoms with Crippen LogP contribution >= 0.6 is 0 Å². The van der Waals surface area contributed by atoms with E-state index in [2.05, 4.69) is 5.32 Å². The predicted molar refractivity (Wildman–Crippen MR) is 108 cm³/mol. The van der Waals surface area contributed by atoms with Crippen LogP contribution in [-0.4, -0.2) is 18.6 Å². The lowest BCUT2D eigenvalue weighted by molar-refractivity contribution is 0.0922. The highest BCUT2D eigenvalue weighted by atomic mass is 19.1. The molecule has 0 spiro atoms. The minimum absolute atomic E-state index is 0.138. The average Bonchev–Trinajstić information content (AvgIpc) is 3.18. The van der Waals surface area contributed by atoms with Gasteiger partial charge in [0.05, 0.1) is 6.10 Å². The Balaban J connectivity index is 1.43. The first kappa shape index (κ1) is 20.5. The van der Waals surface area contributed by atoms with Crippen molar-refractivity contribution in [1.29, 1.82) is 0 Å². The van der Waals surface area contributed by atoms with Crippen molar-refractivity contribution >= 4 is 5.91 Å². The lowest BCUT2D eigenvalue weighted by Gasteiger charge is -2.10. The highest BCUT2D eigenvalue weighted by Crippen LogP contribution is 2.16. The van der Waals surface area contributed by atoms with Crippen molar-refractivity contribution in [2.45, 2.75) is 33.0 Å². The van der Waals surface area contributed by atoms with Gasteiger partial charge in [-0.25, -0.2) is 4.39 Å². The normalized spacial score (nSPS) is 10.8. The van der Waals surface area contributed by atoms with Crippen LogP contribution < -0.4 is 14.8 Å². The second kappa shape index (κ2) is 9.78. The van der Waals surface area contributed by atoms with Crippen LogP contribution in [0, 0.1) is 5.82 Å². The summed E-state index contributed by atoms with van der Waals surface area (Å²) in [5.41, 5.74) is 1.11. The topological polar surface area (TPSA) is 60.7 Å². The minimum atomic E-state index is -0.325. The molecule has 152 valence electrons. The van der Waals surface area contributed by atoms with Gasteiger partial charge >= 0.3 is 0 Å². The molecule has 0 saturated carbocycles. The van der Waals surface area contributed by atoms with E-state index in [1.165, 1.54) is 24.3 Å². The van der Waals surface area contributed by atoms with Gasteiger partial charge in [0.1, 0.15) is 29.7 Å². The van der Waals surface area contributed by atoms with E-state index in [1.807, 2.05) is 38.1 Å². The van der Waals surface area contributed by atoms with Gasteiger partial charge in [-0.2, -0.15) is 0 Å². The molecule has 6 heteroatoms. The average molecular weight is 397 g/mol. The first-order chi connectivity index (χ1) is 14.0. The highest BCUT2D eigenvalue weighted by Gasteiger charge is 2.11. The van der Waals surface area contributed by atoms with Crippen molar-refractivity contribution in [1.82, 2.24) is 5.32 Å². The van der Waals surface area contributed by atoms with Gasteiger partial charge in [-0.05, 0) is 74.4 Å². The molecule has 1 aromatic heterocycles. The first-order valence-electron chi connectivity index (χ1n) is 9.50. The van der Waals surface area contributed by atoms with Crippen LogP contribution in [0.25, 0.3) is 0 Å². The maximum Gasteiger partial charge on any atom is 0.287 e. The fourth-order valence-corrected chi connectivity index (χ4v) is 2.68. The third kappa shape index (κ3) is 6.38. The van der Waals surface area contributed by atoms with Crippen molar-refractivity contribution in [3.8, 4) is 11.5 Å². The fraction of sp³-hybridized carbons (Fsp3) is 0.261. The van der Waals surface area contributed by atoms with Crippen molar-refractivity contribution in [3.63, 3.8) is 0 Å². The molecule has 3 rings (SSSR count). The lowest BCUT2D eigenvalue weighted by Crippen LogP contribution is -2.25. The molecular formula is C23H24FNO4. The van der Waals surface area contributed by atoms with Gasteiger partial charge in [0.25, 0.3) is 5.91 Å². The number of hydrogen-bond donors (Lipinski definition) is 1. The number of carbonyl (C=O) groups excluding carboxylic acids is 1. The molecule has 0 aliphatic rings. The number of benzene rings is 2. The number of carbonyl (C=O) groups is 1. The SMILES string of the molecule is CC(C)Oc1ccc(CCNC(=O)c2ccc(COc3ccc(F)cc3)o2)cc1. The molecule has 1 amide bonds. The Bertz CT molecular complexity index is 917. The Morgan fingerprint density at radius 3 is 2.38 bits per heavy atom. The van der Waals surface area contributed by atoms with Gasteiger partial charge in [0.2, 0.25) is 0 Å². The molecule has 0 aliphatic heterocycles. The summed E-state index contributed by atoms with van der Waals surface area (Å²) in [5.74, 6) is 1.49. The quantitative estimate of drug-likeness (QED) is 0.566. The standard InChI is InChI=1S/C23H24FNO4/c1-16(2)28-20-7-3-17(4-8-20)13-14-25-23(26)22-12-11-21(29-22)15-27-19-9-5-18(24)6-10-19/h3-12,16H,13-15H2,1-2H3,(H,25,26). The molecule has 0 aliphatic carbocycles. The number of ether oxygens (including phenoxy) is 2. The third-order valence-corrected chi connectivity index (χ3v) is 4.07. The summed E-state index contributed by atoms with van der Waals surface area (Å²) < 4.78 is 29.5. The van der Waals surface area contributed by atoms with Crippen LogP contribution in [0.5, 0.6) is 11.5 Å². The van der Waals surface area contributed by atoms with Crippen LogP contribution in [-0.2, 0) is 13.0 Å². The van der Waals surface area contributed by atoms with E-state index in [0.717, 1.165) is 11.3 Å². The molecule has 0 saturated heterocycles. The number of amides is 1. The van der Waals surface area contributed by atoms with E-state index in [4.69, 9.17) is 13.9 Å². The maximum atomic E-state index is 12.9. The van der Waals surface area contributed by atoms with Crippen LogP contribution in [0.15, 0.2) is 65.1 Å². The van der Waals surface area contributed by atoms with Gasteiger partial charge in [-0.1, -0.05) is 12.1 Å². The maximum absolute atomic E-state index is 12.9. The van der Waals surface area contributed by atoms with Gasteiger partial charge in [-0.15, -0.1) is 0 Å². The fourth-order valence-electron chi connectivity index (χ4n) is 2.68. The van der Waals surface area contributed by atoms with Crippen molar-refractivity contribution < 1.29 is 23.1 Å². The summed E-state index contributed by atoms with van der Waals surface area (Å²) in [7, 11) is 0. The van der Waals surface area contributed by atoms with Gasteiger partial charge in [0, 0.05) is 6.54 Å². The number of nitrogens with one attached hydrogen (secondary N) is 1. The smallest absolute Gasteiger partial charge is 0.287 e. The van der Waals surface area contributed by atoms with E-state index >= 15 is 0 Å². The van der Waals surface area contributed by atoms with Gasteiger partial charge in [-0.3, -0.25) is 4.79 Å². The molecule has 0 fully saturated rings. The minimum Gasteiger partial charge on any atom is -0.491 e. The first-order valence-corrected chi connectivity index (χ1v) is 9.50. The number of hydrogen-bond acceptors (Lipinski definition) is 4. The predicted octanol–water partition coefficient (Wildman–Crippen LogP) is 4.76. The monoisotopic (exact) mass is 397 g/mol. The molecule has 1 N–H and O–H groups in total. The van der Waals surface area contributed by atoms with E-state index in [9.17, 15) is 9.18 Å². The molecule has 0 unspecified atom stereocenters. The Morgan fingerprint density at radius 2 is 1.69 bits per heavy atom. The van der Waals surface area contributed by atoms with E-state index in [1.54, 1.807) is 12.1 Å². The van der Waals surface area contributed by atoms with Crippen molar-refractivity contribution in [2.24, 2.45) is 0 Å². The zero-order chi connectivity index (χ0) is 20.6. The van der Waals surface area contributed by atoms with E-state index in [-0.39, 0.29) is 30.2 Å². The molecule has 29 heavy (non-hydrogen) atoms. The zero-order valence-corrected chi connectivity index (χ0v) is 16.5. The molecule has 5 nitrogen and oxygen atoms in total. The van der Waals surface area contributed by atoms with Crippen molar-refractivity contribution in [3.05, 3.63) is 83.6 Å².